The van der Waals surface area contributed by atoms with Crippen LogP contribution in [0.15, 0.2) is 24.3 Å². The fraction of sp³-hybridized carbons (Fsp3) is 0.625. The van der Waals surface area contributed by atoms with Crippen molar-refractivity contribution in [3.05, 3.63) is 29.8 Å². The number of hydrogen-bond acceptors (Lipinski definition) is 7. The molecule has 0 spiro atoms. The second-order valence-corrected chi connectivity index (χ2v) is 5.84. The van der Waals surface area contributed by atoms with Crippen LogP contribution in [0.1, 0.15) is 18.6 Å². The molecule has 2 aliphatic rings. The maximum absolute atomic E-state index is 10.2. The average Bonchev–Trinajstić information content (AvgIpc) is 2.58. The Morgan fingerprint density at radius 1 is 1.04 bits per heavy atom. The summed E-state index contributed by atoms with van der Waals surface area (Å²) in [6, 6.07) is 7.38. The number of benzene rings is 1. The average molecular weight is 326 g/mol. The molecule has 0 aromatic heterocycles. The van der Waals surface area contributed by atoms with E-state index in [4.69, 9.17) is 18.9 Å². The Bertz CT molecular complexity index is 520. The lowest BCUT2D eigenvalue weighted by atomic mass is 9.96. The molecule has 1 aromatic rings. The molecule has 2 heterocycles. The molecule has 2 unspecified atom stereocenters. The molecule has 23 heavy (non-hydrogen) atoms. The molecule has 7 heteroatoms. The zero-order valence-electron chi connectivity index (χ0n) is 13.0. The number of aliphatic hydroxyl groups is 3. The quantitative estimate of drug-likeness (QED) is 0.718. The Labute approximate surface area is 134 Å². The smallest absolute Gasteiger partial charge is 0.187 e. The molecule has 0 radical (unpaired) electrons. The Balaban J connectivity index is 1.78. The van der Waals surface area contributed by atoms with E-state index in [0.717, 1.165) is 11.3 Å². The van der Waals surface area contributed by atoms with Crippen LogP contribution in [0.5, 0.6) is 5.75 Å². The highest BCUT2D eigenvalue weighted by Gasteiger charge is 2.50. The summed E-state index contributed by atoms with van der Waals surface area (Å²) < 4.78 is 22.4. The third-order valence-electron chi connectivity index (χ3n) is 4.35. The Hall–Kier alpha value is -1.22. The van der Waals surface area contributed by atoms with Crippen molar-refractivity contribution in [2.45, 2.75) is 49.8 Å². The number of ether oxygens (including phenoxy) is 4. The molecule has 2 saturated heterocycles. The summed E-state index contributed by atoms with van der Waals surface area (Å²) in [5, 5.41) is 29.4. The zero-order chi connectivity index (χ0) is 16.6. The highest BCUT2D eigenvalue weighted by molar-refractivity contribution is 5.29. The summed E-state index contributed by atoms with van der Waals surface area (Å²) in [4.78, 5) is 0. The Kier molecular flexibility index (Phi) is 4.86. The molecule has 2 fully saturated rings. The lowest BCUT2D eigenvalue weighted by molar-refractivity contribution is -0.366. The van der Waals surface area contributed by atoms with Gasteiger partial charge in [-0.1, -0.05) is 12.1 Å². The van der Waals surface area contributed by atoms with Crippen LogP contribution in [0, 0.1) is 0 Å². The van der Waals surface area contributed by atoms with E-state index in [2.05, 4.69) is 0 Å². The fourth-order valence-corrected chi connectivity index (χ4v) is 3.02. The van der Waals surface area contributed by atoms with E-state index >= 15 is 0 Å². The molecule has 0 saturated carbocycles. The van der Waals surface area contributed by atoms with Crippen molar-refractivity contribution < 1.29 is 34.3 Å². The van der Waals surface area contributed by atoms with E-state index in [1.807, 2.05) is 31.2 Å². The van der Waals surface area contributed by atoms with Gasteiger partial charge in [0.2, 0.25) is 0 Å². The first-order valence-corrected chi connectivity index (χ1v) is 7.62. The summed E-state index contributed by atoms with van der Waals surface area (Å²) in [5.41, 5.74) is 0.878. The van der Waals surface area contributed by atoms with Crippen LogP contribution in [-0.4, -0.2) is 65.8 Å². The number of aliphatic hydroxyl groups excluding tert-OH is 3. The van der Waals surface area contributed by atoms with Crippen LogP contribution < -0.4 is 4.74 Å². The van der Waals surface area contributed by atoms with E-state index in [-0.39, 0.29) is 6.10 Å². The first-order valence-electron chi connectivity index (χ1n) is 7.62. The van der Waals surface area contributed by atoms with Crippen molar-refractivity contribution >= 4 is 0 Å². The summed E-state index contributed by atoms with van der Waals surface area (Å²) in [7, 11) is 1.59. The van der Waals surface area contributed by atoms with E-state index in [1.165, 1.54) is 0 Å². The van der Waals surface area contributed by atoms with E-state index in [0.29, 0.717) is 0 Å². The van der Waals surface area contributed by atoms with Crippen LogP contribution >= 0.6 is 0 Å². The highest BCUT2D eigenvalue weighted by Crippen LogP contribution is 2.37. The van der Waals surface area contributed by atoms with Gasteiger partial charge in [-0.3, -0.25) is 0 Å². The zero-order valence-corrected chi connectivity index (χ0v) is 13.0. The molecule has 0 aliphatic carbocycles. The van der Waals surface area contributed by atoms with Gasteiger partial charge in [-0.15, -0.1) is 0 Å². The van der Waals surface area contributed by atoms with Gasteiger partial charge in [0, 0.05) is 0 Å². The molecule has 128 valence electrons. The van der Waals surface area contributed by atoms with Crippen molar-refractivity contribution in [1.82, 2.24) is 0 Å². The molecule has 1 aromatic carbocycles. The molecule has 7 atom stereocenters. The Morgan fingerprint density at radius 3 is 2.35 bits per heavy atom. The van der Waals surface area contributed by atoms with Gasteiger partial charge >= 0.3 is 0 Å². The van der Waals surface area contributed by atoms with Crippen LogP contribution in [0.2, 0.25) is 0 Å². The normalized spacial score (nSPS) is 40.5. The van der Waals surface area contributed by atoms with Gasteiger partial charge in [0.1, 0.15) is 36.3 Å². The van der Waals surface area contributed by atoms with Gasteiger partial charge in [-0.25, -0.2) is 0 Å². The van der Waals surface area contributed by atoms with E-state index in [1.54, 1.807) is 7.11 Å². The maximum atomic E-state index is 10.2. The summed E-state index contributed by atoms with van der Waals surface area (Å²) >= 11 is 0. The molecule has 0 amide bonds. The summed E-state index contributed by atoms with van der Waals surface area (Å²) in [6.45, 7) is 1.45. The van der Waals surface area contributed by atoms with Crippen LogP contribution in [0.3, 0.4) is 0 Å². The number of rotatable bonds is 3. The number of fused-ring (bicyclic) bond motifs is 1. The van der Waals surface area contributed by atoms with Gasteiger partial charge in [0.15, 0.2) is 6.29 Å². The lowest BCUT2D eigenvalue weighted by Gasteiger charge is -2.48. The first kappa shape index (κ1) is 16.6. The monoisotopic (exact) mass is 326 g/mol. The van der Waals surface area contributed by atoms with Crippen LogP contribution in [0.25, 0.3) is 0 Å². The fourth-order valence-electron chi connectivity index (χ4n) is 3.02. The van der Waals surface area contributed by atoms with Gasteiger partial charge in [0.25, 0.3) is 0 Å². The molecule has 3 N–H and O–H groups in total. The molecule has 3 rings (SSSR count). The topological polar surface area (TPSA) is 97.6 Å². The van der Waals surface area contributed by atoms with Crippen molar-refractivity contribution in [3.63, 3.8) is 0 Å². The maximum Gasteiger partial charge on any atom is 0.187 e. The van der Waals surface area contributed by atoms with Crippen molar-refractivity contribution in [2.75, 3.05) is 13.7 Å². The molecule has 0 bridgehead atoms. The van der Waals surface area contributed by atoms with Gasteiger partial charge in [-0.2, -0.15) is 0 Å². The van der Waals surface area contributed by atoms with Crippen LogP contribution in [0.4, 0.5) is 0 Å². The number of hydrogen-bond donors (Lipinski definition) is 3. The third-order valence-corrected chi connectivity index (χ3v) is 4.35. The van der Waals surface area contributed by atoms with Crippen molar-refractivity contribution in [3.8, 4) is 5.75 Å². The lowest BCUT2D eigenvalue weighted by Crippen LogP contribution is -2.63. The summed E-state index contributed by atoms with van der Waals surface area (Å²) in [5.74, 6) is 0.734. The predicted octanol–water partition coefficient (Wildman–Crippen LogP) is -0.0208. The number of methoxy groups -OCH3 is 1. The molecule has 2 aliphatic heterocycles. The van der Waals surface area contributed by atoms with Gasteiger partial charge < -0.3 is 34.3 Å². The first-order chi connectivity index (χ1) is 11.0. The standard InChI is InChI=1S/C16H22O7/c1-8-14(9-3-5-10(20-2)6-4-9)23-15-13(19)12(18)11(7-17)22-16(15)21-8/h3-6,8,11-19H,7H2,1-2H3/t8-,11+,12+,13-,14+,15?,16?/m0/s1. The van der Waals surface area contributed by atoms with Gasteiger partial charge in [0.05, 0.1) is 19.8 Å². The SMILES string of the molecule is COc1ccc([C@@H]2OC3C(O[C@H]2C)O[C@H](CO)[C@@H](O)[C@@H]3O)cc1. The molecular formula is C16H22O7. The van der Waals surface area contributed by atoms with E-state index in [9.17, 15) is 15.3 Å². The van der Waals surface area contributed by atoms with Crippen LogP contribution in [-0.2, 0) is 14.2 Å². The second kappa shape index (κ2) is 6.72. The summed E-state index contributed by atoms with van der Waals surface area (Å²) in [6.07, 6.45) is -5.68. The van der Waals surface area contributed by atoms with Crippen molar-refractivity contribution in [2.24, 2.45) is 0 Å². The van der Waals surface area contributed by atoms with Crippen molar-refractivity contribution in [1.29, 1.82) is 0 Å². The minimum absolute atomic E-state index is 0.313. The minimum atomic E-state index is -1.23. The second-order valence-electron chi connectivity index (χ2n) is 5.84. The predicted molar refractivity (Wildman–Crippen MR) is 78.9 cm³/mol. The van der Waals surface area contributed by atoms with Gasteiger partial charge in [-0.05, 0) is 24.6 Å². The Morgan fingerprint density at radius 2 is 1.74 bits per heavy atom. The molecular weight excluding hydrogens is 304 g/mol. The molecule has 7 nitrogen and oxygen atoms in total. The minimum Gasteiger partial charge on any atom is -0.497 e. The highest BCUT2D eigenvalue weighted by atomic mass is 16.7. The van der Waals surface area contributed by atoms with E-state index < -0.39 is 43.4 Å². The third kappa shape index (κ3) is 3.08. The largest absolute Gasteiger partial charge is 0.497 e.